The number of nitrogens with two attached hydrogens (primary N) is 1. The van der Waals surface area contributed by atoms with E-state index in [9.17, 15) is 4.79 Å². The summed E-state index contributed by atoms with van der Waals surface area (Å²) in [5.41, 5.74) is 7.06. The van der Waals surface area contributed by atoms with Crippen LogP contribution in [0.25, 0.3) is 0 Å². The van der Waals surface area contributed by atoms with Crippen LogP contribution < -0.4 is 10.5 Å². The molecule has 2 N–H and O–H groups in total. The molecule has 3 rings (SSSR count). The van der Waals surface area contributed by atoms with Gasteiger partial charge in [-0.25, -0.2) is 0 Å². The Morgan fingerprint density at radius 3 is 2.55 bits per heavy atom. The van der Waals surface area contributed by atoms with Crippen LogP contribution in [-0.4, -0.2) is 30.0 Å². The van der Waals surface area contributed by atoms with Crippen molar-refractivity contribution >= 4 is 5.91 Å². The van der Waals surface area contributed by atoms with E-state index in [0.29, 0.717) is 5.56 Å². The smallest absolute Gasteiger partial charge is 0.248 e. The van der Waals surface area contributed by atoms with Crippen molar-refractivity contribution in [1.29, 1.82) is 0 Å². The molecule has 4 nitrogen and oxygen atoms in total. The maximum Gasteiger partial charge on any atom is 0.248 e. The zero-order valence-corrected chi connectivity index (χ0v) is 12.4. The lowest BCUT2D eigenvalue weighted by molar-refractivity contribution is 0.1000. The first-order valence-corrected chi connectivity index (χ1v) is 7.53. The number of ether oxygens (including phenoxy) is 1. The van der Waals surface area contributed by atoms with Crippen molar-refractivity contribution in [3.8, 4) is 5.75 Å². The minimum Gasteiger partial charge on any atom is -0.489 e. The van der Waals surface area contributed by atoms with Crippen molar-refractivity contribution in [2.24, 2.45) is 5.73 Å². The first-order valence-electron chi connectivity index (χ1n) is 7.53. The summed E-state index contributed by atoms with van der Waals surface area (Å²) in [6.07, 6.45) is 1.22. The van der Waals surface area contributed by atoms with E-state index >= 15 is 0 Å². The fourth-order valence-electron chi connectivity index (χ4n) is 2.77. The molecule has 1 amide bonds. The van der Waals surface area contributed by atoms with Crippen LogP contribution in [0, 0.1) is 0 Å². The molecule has 0 spiro atoms. The Kier molecular flexibility index (Phi) is 4.39. The molecule has 0 aromatic heterocycles. The summed E-state index contributed by atoms with van der Waals surface area (Å²) in [4.78, 5) is 13.4. The number of carbonyl (C=O) groups excluding carboxylic acids is 1. The third-order valence-corrected chi connectivity index (χ3v) is 3.92. The number of rotatable bonds is 5. The van der Waals surface area contributed by atoms with Gasteiger partial charge in [0.25, 0.3) is 0 Å². The third kappa shape index (κ3) is 3.65. The normalized spacial score (nSPS) is 18.3. The molecule has 2 aromatic carbocycles. The Morgan fingerprint density at radius 2 is 1.86 bits per heavy atom. The molecule has 114 valence electrons. The Bertz CT molecular complexity index is 625. The zero-order chi connectivity index (χ0) is 15.4. The van der Waals surface area contributed by atoms with Crippen molar-refractivity contribution in [1.82, 2.24) is 4.90 Å². The SMILES string of the molecule is NC(=O)c1ccc(O[C@H]2CCN(Cc3ccccc3)C2)cc1. The Hall–Kier alpha value is -2.33. The molecule has 1 aliphatic rings. The largest absolute Gasteiger partial charge is 0.489 e. The van der Waals surface area contributed by atoms with Crippen molar-refractivity contribution in [2.75, 3.05) is 13.1 Å². The molecule has 0 unspecified atom stereocenters. The second-order valence-corrected chi connectivity index (χ2v) is 5.64. The van der Waals surface area contributed by atoms with Crippen LogP contribution in [0.2, 0.25) is 0 Å². The van der Waals surface area contributed by atoms with Gasteiger partial charge in [-0.2, -0.15) is 0 Å². The minimum atomic E-state index is -0.415. The van der Waals surface area contributed by atoms with E-state index in [1.54, 1.807) is 24.3 Å². The number of benzene rings is 2. The van der Waals surface area contributed by atoms with Crippen LogP contribution in [0.15, 0.2) is 54.6 Å². The lowest BCUT2D eigenvalue weighted by Crippen LogP contribution is -2.24. The molecule has 4 heteroatoms. The molecule has 1 heterocycles. The molecule has 0 saturated carbocycles. The summed E-state index contributed by atoms with van der Waals surface area (Å²) in [5, 5.41) is 0. The van der Waals surface area contributed by atoms with Crippen LogP contribution in [0.4, 0.5) is 0 Å². The molecule has 0 aliphatic carbocycles. The molecule has 0 radical (unpaired) electrons. The predicted octanol–water partition coefficient (Wildman–Crippen LogP) is 2.44. The van der Waals surface area contributed by atoms with Crippen molar-refractivity contribution in [3.63, 3.8) is 0 Å². The second kappa shape index (κ2) is 6.62. The van der Waals surface area contributed by atoms with Crippen LogP contribution in [0.3, 0.4) is 0 Å². The molecular formula is C18H20N2O2. The van der Waals surface area contributed by atoms with Gasteiger partial charge in [0.15, 0.2) is 0 Å². The van der Waals surface area contributed by atoms with Crippen molar-refractivity contribution in [2.45, 2.75) is 19.1 Å². The molecule has 2 aromatic rings. The Morgan fingerprint density at radius 1 is 1.14 bits per heavy atom. The van der Waals surface area contributed by atoms with Gasteiger partial charge < -0.3 is 10.5 Å². The highest BCUT2D eigenvalue weighted by atomic mass is 16.5. The predicted molar refractivity (Wildman–Crippen MR) is 85.7 cm³/mol. The average Bonchev–Trinajstić information content (AvgIpc) is 2.96. The number of hydrogen-bond acceptors (Lipinski definition) is 3. The van der Waals surface area contributed by atoms with Crippen LogP contribution in [0.5, 0.6) is 5.75 Å². The molecule has 22 heavy (non-hydrogen) atoms. The summed E-state index contributed by atoms with van der Waals surface area (Å²) < 4.78 is 5.98. The van der Waals surface area contributed by atoms with Crippen LogP contribution in [-0.2, 0) is 6.54 Å². The Labute approximate surface area is 130 Å². The number of primary amides is 1. The van der Waals surface area contributed by atoms with E-state index in [1.165, 1.54) is 5.56 Å². The van der Waals surface area contributed by atoms with Gasteiger partial charge in [-0.1, -0.05) is 30.3 Å². The first-order chi connectivity index (χ1) is 10.7. The van der Waals surface area contributed by atoms with E-state index in [1.807, 2.05) is 6.07 Å². The van der Waals surface area contributed by atoms with E-state index in [4.69, 9.17) is 10.5 Å². The summed E-state index contributed by atoms with van der Waals surface area (Å²) in [5.74, 6) is 0.373. The highest BCUT2D eigenvalue weighted by molar-refractivity contribution is 5.92. The molecule has 1 atom stereocenters. The van der Waals surface area contributed by atoms with Gasteiger partial charge in [-0.05, 0) is 36.2 Å². The topological polar surface area (TPSA) is 55.6 Å². The van der Waals surface area contributed by atoms with Crippen molar-refractivity contribution < 1.29 is 9.53 Å². The quantitative estimate of drug-likeness (QED) is 0.922. The maximum absolute atomic E-state index is 11.0. The number of nitrogens with zero attached hydrogens (tertiary/aromatic N) is 1. The van der Waals surface area contributed by atoms with Gasteiger partial charge in [0.05, 0.1) is 0 Å². The standard InChI is InChI=1S/C18H20N2O2/c19-18(21)15-6-8-16(9-7-15)22-17-10-11-20(13-17)12-14-4-2-1-3-5-14/h1-9,17H,10-13H2,(H2,19,21)/t17-/m0/s1. The molecule has 1 aliphatic heterocycles. The fourth-order valence-corrected chi connectivity index (χ4v) is 2.77. The maximum atomic E-state index is 11.0. The summed E-state index contributed by atoms with van der Waals surface area (Å²) >= 11 is 0. The fraction of sp³-hybridized carbons (Fsp3) is 0.278. The van der Waals surface area contributed by atoms with Gasteiger partial charge >= 0.3 is 0 Å². The number of likely N-dealkylation sites (tertiary alicyclic amines) is 1. The average molecular weight is 296 g/mol. The van der Waals surface area contributed by atoms with Gasteiger partial charge in [0.2, 0.25) is 5.91 Å². The van der Waals surface area contributed by atoms with Crippen LogP contribution in [0.1, 0.15) is 22.3 Å². The van der Waals surface area contributed by atoms with E-state index in [-0.39, 0.29) is 6.10 Å². The summed E-state index contributed by atoms with van der Waals surface area (Å²) in [7, 11) is 0. The Balaban J connectivity index is 1.53. The molecule has 1 saturated heterocycles. The molecule has 0 bridgehead atoms. The van der Waals surface area contributed by atoms with E-state index < -0.39 is 5.91 Å². The summed E-state index contributed by atoms with van der Waals surface area (Å²) in [6.45, 7) is 2.92. The monoisotopic (exact) mass is 296 g/mol. The minimum absolute atomic E-state index is 0.197. The molecular weight excluding hydrogens is 276 g/mol. The second-order valence-electron chi connectivity index (χ2n) is 5.64. The lowest BCUT2D eigenvalue weighted by atomic mass is 10.2. The van der Waals surface area contributed by atoms with E-state index in [0.717, 1.165) is 31.8 Å². The van der Waals surface area contributed by atoms with E-state index in [2.05, 4.69) is 29.2 Å². The van der Waals surface area contributed by atoms with Gasteiger partial charge in [-0.3, -0.25) is 9.69 Å². The van der Waals surface area contributed by atoms with Crippen LogP contribution >= 0.6 is 0 Å². The lowest BCUT2D eigenvalue weighted by Gasteiger charge is -2.17. The third-order valence-electron chi connectivity index (χ3n) is 3.92. The first kappa shape index (κ1) is 14.6. The van der Waals surface area contributed by atoms with Gasteiger partial charge in [-0.15, -0.1) is 0 Å². The van der Waals surface area contributed by atoms with Gasteiger partial charge in [0.1, 0.15) is 11.9 Å². The highest BCUT2D eigenvalue weighted by Gasteiger charge is 2.23. The highest BCUT2D eigenvalue weighted by Crippen LogP contribution is 2.20. The number of hydrogen-bond donors (Lipinski definition) is 1. The van der Waals surface area contributed by atoms with Gasteiger partial charge in [0, 0.05) is 25.2 Å². The number of amides is 1. The number of carbonyl (C=O) groups is 1. The molecule has 1 fully saturated rings. The zero-order valence-electron chi connectivity index (χ0n) is 12.4. The summed E-state index contributed by atoms with van der Waals surface area (Å²) in [6, 6.07) is 17.5. The van der Waals surface area contributed by atoms with Crippen molar-refractivity contribution in [3.05, 3.63) is 65.7 Å².